The normalized spacial score (nSPS) is 12.7. The zero-order valence-corrected chi connectivity index (χ0v) is 67.5. The van der Waals surface area contributed by atoms with Crippen molar-refractivity contribution >= 4 is 165 Å². The first kappa shape index (κ1) is 70.4. The summed E-state index contributed by atoms with van der Waals surface area (Å²) >= 11 is 0. The van der Waals surface area contributed by atoms with Crippen molar-refractivity contribution in [3.05, 3.63) is 338 Å². The summed E-state index contributed by atoms with van der Waals surface area (Å²) in [5.74, 6) is 0. The SMILES string of the molecule is CC(C)(C)c1ccc(-c2ccc(N(c3ccc(-c4ccc(C(C)(C)C)c5ccccc45)cc3)c3cc4oc5cc6c(cc5c4c4c3oc3ccccc34)oc3cc(N(c4ccc(-c5ccc(C(C)(C)C)c7ccccc57)cc4)c4ccc(-c5ccc(C(C)(C)C)c7ccccc57)cc4)c4oc5ccccc5c4c36)cc2)c2ccccc12. The average Bonchev–Trinajstić information content (AvgIpc) is 1.54. The van der Waals surface area contributed by atoms with Crippen LogP contribution in [0.1, 0.15) is 105 Å². The maximum Gasteiger partial charge on any atom is 0.160 e. The van der Waals surface area contributed by atoms with Crippen molar-refractivity contribution in [3.63, 3.8) is 0 Å². The predicted octanol–water partition coefficient (Wildman–Crippen LogP) is 32.7. The van der Waals surface area contributed by atoms with E-state index < -0.39 is 0 Å². The molecule has 0 aliphatic heterocycles. The lowest BCUT2D eigenvalue weighted by Gasteiger charge is -2.26. The highest BCUT2D eigenvalue weighted by molar-refractivity contribution is 6.33. The van der Waals surface area contributed by atoms with E-state index in [4.69, 9.17) is 17.7 Å². The molecule has 562 valence electrons. The van der Waals surface area contributed by atoms with Crippen molar-refractivity contribution in [2.45, 2.75) is 105 Å². The molecule has 0 saturated heterocycles. The van der Waals surface area contributed by atoms with Crippen LogP contribution in [0.15, 0.2) is 333 Å². The highest BCUT2D eigenvalue weighted by Crippen LogP contribution is 2.54. The fourth-order valence-electron chi connectivity index (χ4n) is 18.9. The smallest absolute Gasteiger partial charge is 0.160 e. The van der Waals surface area contributed by atoms with Crippen molar-refractivity contribution in [2.75, 3.05) is 9.80 Å². The van der Waals surface area contributed by atoms with Gasteiger partial charge in [-0.2, -0.15) is 0 Å². The summed E-state index contributed by atoms with van der Waals surface area (Å²) < 4.78 is 29.6. The van der Waals surface area contributed by atoms with E-state index in [-0.39, 0.29) is 21.7 Å². The number of nitrogens with zero attached hydrogens (tertiary/aromatic N) is 2. The van der Waals surface area contributed by atoms with Crippen LogP contribution in [-0.2, 0) is 21.7 Å². The highest BCUT2D eigenvalue weighted by atomic mass is 16.3. The van der Waals surface area contributed by atoms with Crippen LogP contribution in [0, 0.1) is 0 Å². The zero-order chi connectivity index (χ0) is 79.0. The summed E-state index contributed by atoms with van der Waals surface area (Å²) in [4.78, 5) is 4.69. The van der Waals surface area contributed by atoms with Crippen LogP contribution in [0.25, 0.3) is 175 Å². The third-order valence-corrected chi connectivity index (χ3v) is 24.4. The second kappa shape index (κ2) is 26.1. The Morgan fingerprint density at radius 2 is 0.431 bits per heavy atom. The summed E-state index contributed by atoms with van der Waals surface area (Å²) in [5.41, 5.74) is 26.0. The van der Waals surface area contributed by atoms with E-state index in [1.807, 2.05) is 0 Å². The van der Waals surface area contributed by atoms with Gasteiger partial charge in [-0.05, 0) is 204 Å². The highest BCUT2D eigenvalue weighted by Gasteiger charge is 2.31. The van der Waals surface area contributed by atoms with E-state index in [1.165, 1.54) is 87.6 Å². The molecular weight excluding hydrogens is 1410 g/mol. The molecule has 21 aromatic rings. The molecule has 6 heteroatoms. The molecule has 4 heterocycles. The standard InChI is InChI=1S/C110H88N2O4/c1-107(2,3)89-57-53-73(77-25-13-17-29-81(77)89)65-37-45-69(46-38-65)111(70-47-39-66(40-48-70)74-54-58-90(108(4,5)6)82-30-18-14-26-78(74)82)93-63-99-101(103-85-33-21-23-35-95(85)115-105(93)103)87-61-98-88(62-97(87)113-99)102-100(114-98)64-94(106-104(102)86-34-22-24-36-96(86)116-106)112(71-49-41-67(42-50-71)75-55-59-91(109(7,8)9)83-31-19-15-27-79(75)83)72-51-43-68(44-52-72)76-56-60-92(110(10,11)12)84-32-20-16-28-80(76)84/h13-64H,1-12H3. The van der Waals surface area contributed by atoms with Gasteiger partial charge in [-0.1, -0.05) is 314 Å². The molecule has 0 fully saturated rings. The topological polar surface area (TPSA) is 59.0 Å². The minimum Gasteiger partial charge on any atom is -0.456 e. The number of fused-ring (bicyclic) bond motifs is 18. The van der Waals surface area contributed by atoms with Crippen molar-refractivity contribution in [3.8, 4) is 44.5 Å². The Hall–Kier alpha value is -13.4. The van der Waals surface area contributed by atoms with Crippen molar-refractivity contribution in [1.82, 2.24) is 0 Å². The number of benzene rings is 17. The molecule has 0 atom stereocenters. The van der Waals surface area contributed by atoms with Crippen LogP contribution in [-0.4, -0.2) is 0 Å². The summed E-state index contributed by atoms with van der Waals surface area (Å²) in [6.07, 6.45) is 0. The summed E-state index contributed by atoms with van der Waals surface area (Å²) in [5, 5.41) is 17.6. The van der Waals surface area contributed by atoms with Crippen molar-refractivity contribution in [2.24, 2.45) is 0 Å². The van der Waals surface area contributed by atoms with Crippen LogP contribution in [0.5, 0.6) is 0 Å². The predicted molar refractivity (Wildman–Crippen MR) is 491 cm³/mol. The van der Waals surface area contributed by atoms with Crippen LogP contribution >= 0.6 is 0 Å². The van der Waals surface area contributed by atoms with E-state index in [2.05, 4.69) is 408 Å². The van der Waals surface area contributed by atoms with Gasteiger partial charge in [-0.25, -0.2) is 0 Å². The molecule has 0 spiro atoms. The molecule has 0 saturated carbocycles. The average molecular weight is 1500 g/mol. The van der Waals surface area contributed by atoms with E-state index in [9.17, 15) is 0 Å². The largest absolute Gasteiger partial charge is 0.456 e. The van der Waals surface area contributed by atoms with Gasteiger partial charge in [0.1, 0.15) is 33.5 Å². The van der Waals surface area contributed by atoms with Gasteiger partial charge < -0.3 is 27.5 Å². The Bertz CT molecular complexity index is 6850. The third-order valence-electron chi connectivity index (χ3n) is 24.4. The molecule has 17 aromatic carbocycles. The Kier molecular flexibility index (Phi) is 15.8. The van der Waals surface area contributed by atoms with E-state index in [1.54, 1.807) is 0 Å². The number of rotatable bonds is 10. The Morgan fingerprint density at radius 1 is 0.190 bits per heavy atom. The van der Waals surface area contributed by atoms with Gasteiger partial charge in [0, 0.05) is 78.0 Å². The van der Waals surface area contributed by atoms with Gasteiger partial charge in [-0.3, -0.25) is 0 Å². The molecule has 6 nitrogen and oxygen atoms in total. The summed E-state index contributed by atoms with van der Waals surface area (Å²) in [6.45, 7) is 27.5. The lowest BCUT2D eigenvalue weighted by molar-refractivity contribution is 0.595. The molecule has 0 unspecified atom stereocenters. The van der Waals surface area contributed by atoms with E-state index in [0.717, 1.165) is 144 Å². The molecule has 21 rings (SSSR count). The van der Waals surface area contributed by atoms with E-state index >= 15 is 0 Å². The van der Waals surface area contributed by atoms with Crippen LogP contribution in [0.3, 0.4) is 0 Å². The minimum atomic E-state index is -0.0270. The maximum atomic E-state index is 7.46. The van der Waals surface area contributed by atoms with Gasteiger partial charge in [0.25, 0.3) is 0 Å². The molecule has 0 amide bonds. The fraction of sp³-hybridized carbons (Fsp3) is 0.145. The lowest BCUT2D eigenvalue weighted by Crippen LogP contribution is -2.12. The molecule has 0 bridgehead atoms. The number of para-hydroxylation sites is 2. The van der Waals surface area contributed by atoms with Crippen molar-refractivity contribution in [1.29, 1.82) is 0 Å². The van der Waals surface area contributed by atoms with Gasteiger partial charge >= 0.3 is 0 Å². The molecule has 4 aromatic heterocycles. The molecule has 0 aliphatic rings. The molecule has 116 heavy (non-hydrogen) atoms. The second-order valence-electron chi connectivity index (χ2n) is 35.9. The molecule has 0 aliphatic carbocycles. The van der Waals surface area contributed by atoms with Gasteiger partial charge in [0.15, 0.2) is 11.2 Å². The van der Waals surface area contributed by atoms with Crippen LogP contribution in [0.4, 0.5) is 34.1 Å². The quantitative estimate of drug-likeness (QED) is 0.136. The first-order valence-corrected chi connectivity index (χ1v) is 40.7. The summed E-state index contributed by atoms with van der Waals surface area (Å²) in [7, 11) is 0. The Labute approximate surface area is 675 Å². The second-order valence-corrected chi connectivity index (χ2v) is 35.9. The Balaban J connectivity index is 0.750. The fourth-order valence-corrected chi connectivity index (χ4v) is 18.9. The number of hydrogen-bond acceptors (Lipinski definition) is 6. The number of anilines is 6. The van der Waals surface area contributed by atoms with Crippen LogP contribution in [0.2, 0.25) is 0 Å². The monoisotopic (exact) mass is 1500 g/mol. The zero-order valence-electron chi connectivity index (χ0n) is 67.5. The Morgan fingerprint density at radius 3 is 0.690 bits per heavy atom. The van der Waals surface area contributed by atoms with E-state index in [0.29, 0.717) is 0 Å². The molecule has 0 N–H and O–H groups in total. The summed E-state index contributed by atoms with van der Waals surface area (Å²) in [6, 6.07) is 116. The van der Waals surface area contributed by atoms with Crippen LogP contribution < -0.4 is 9.80 Å². The first-order chi connectivity index (χ1) is 56.1. The number of furan rings is 4. The minimum absolute atomic E-state index is 0.0270. The third kappa shape index (κ3) is 11.3. The van der Waals surface area contributed by atoms with Crippen molar-refractivity contribution < 1.29 is 17.7 Å². The lowest BCUT2D eigenvalue weighted by atomic mass is 9.82. The first-order valence-electron chi connectivity index (χ1n) is 40.7. The molecular formula is C110H88N2O4. The van der Waals surface area contributed by atoms with Gasteiger partial charge in [-0.15, -0.1) is 0 Å². The molecule has 0 radical (unpaired) electrons. The number of hydrogen-bond donors (Lipinski definition) is 0. The van der Waals surface area contributed by atoms with Gasteiger partial charge in [0.05, 0.1) is 11.4 Å². The maximum absolute atomic E-state index is 7.46. The van der Waals surface area contributed by atoms with Gasteiger partial charge in [0.2, 0.25) is 0 Å².